The van der Waals surface area contributed by atoms with Gasteiger partial charge in [0.1, 0.15) is 11.6 Å². The molecule has 0 aliphatic heterocycles. The molecule has 1 fully saturated rings. The minimum atomic E-state index is -0.458. The van der Waals surface area contributed by atoms with Crippen LogP contribution in [0.3, 0.4) is 0 Å². The number of rotatable bonds is 8. The third-order valence-electron chi connectivity index (χ3n) is 4.80. The summed E-state index contributed by atoms with van der Waals surface area (Å²) in [5, 5.41) is 12.8. The number of hydrogen-bond donors (Lipinski definition) is 2. The molecule has 0 heterocycles. The molecule has 0 spiro atoms. The number of aliphatic hydroxyl groups excluding tert-OH is 1. The van der Waals surface area contributed by atoms with E-state index in [9.17, 15) is 18.7 Å². The second-order valence-corrected chi connectivity index (χ2v) is 6.69. The van der Waals surface area contributed by atoms with Crippen LogP contribution in [0.2, 0.25) is 0 Å². The van der Waals surface area contributed by atoms with Gasteiger partial charge in [0.05, 0.1) is 6.10 Å². The van der Waals surface area contributed by atoms with Gasteiger partial charge in [0, 0.05) is 13.0 Å². The normalized spacial score (nSPS) is 20.8. The van der Waals surface area contributed by atoms with Crippen LogP contribution in [-0.2, 0) is 11.2 Å². The van der Waals surface area contributed by atoms with Gasteiger partial charge in [0.2, 0.25) is 5.91 Å². The van der Waals surface area contributed by atoms with Gasteiger partial charge < -0.3 is 10.4 Å². The van der Waals surface area contributed by atoms with Crippen molar-refractivity contribution in [2.45, 2.75) is 63.9 Å². The smallest absolute Gasteiger partial charge is 0.220 e. The zero-order chi connectivity index (χ0) is 17.4. The highest BCUT2D eigenvalue weighted by Crippen LogP contribution is 2.27. The number of benzene rings is 1. The van der Waals surface area contributed by atoms with E-state index in [-0.39, 0.29) is 12.0 Å². The van der Waals surface area contributed by atoms with E-state index in [1.807, 2.05) is 0 Å². The van der Waals surface area contributed by atoms with E-state index in [1.165, 1.54) is 12.5 Å². The van der Waals surface area contributed by atoms with E-state index in [1.54, 1.807) is 0 Å². The quantitative estimate of drug-likeness (QED) is 0.709. The Morgan fingerprint density at radius 3 is 2.79 bits per heavy atom. The van der Waals surface area contributed by atoms with Gasteiger partial charge in [-0.05, 0) is 68.2 Å². The lowest BCUT2D eigenvalue weighted by atomic mass is 9.83. The lowest BCUT2D eigenvalue weighted by Crippen LogP contribution is -2.27. The molecular formula is C19H27F2NO2. The number of aliphatic hydroxyl groups is 1. The molecule has 1 aliphatic carbocycles. The Balaban J connectivity index is 1.57. The minimum absolute atomic E-state index is 0.0593. The van der Waals surface area contributed by atoms with E-state index in [2.05, 4.69) is 5.32 Å². The SMILES string of the molecule is O=C(CCCc1cc(F)ccc1F)NCCCC1CCCCC1O. The summed E-state index contributed by atoms with van der Waals surface area (Å²) in [5.74, 6) is -0.578. The Labute approximate surface area is 142 Å². The number of amides is 1. The fourth-order valence-corrected chi connectivity index (χ4v) is 3.38. The first-order valence-corrected chi connectivity index (χ1v) is 8.95. The van der Waals surface area contributed by atoms with Crippen molar-refractivity contribution in [2.24, 2.45) is 5.92 Å². The summed E-state index contributed by atoms with van der Waals surface area (Å²) >= 11 is 0. The number of halogens is 2. The van der Waals surface area contributed by atoms with E-state index in [0.717, 1.165) is 44.2 Å². The molecule has 0 saturated heterocycles. The zero-order valence-corrected chi connectivity index (χ0v) is 14.1. The molecule has 1 aromatic carbocycles. The topological polar surface area (TPSA) is 49.3 Å². The molecule has 2 N–H and O–H groups in total. The molecule has 2 atom stereocenters. The van der Waals surface area contributed by atoms with Crippen molar-refractivity contribution in [2.75, 3.05) is 6.54 Å². The first kappa shape index (κ1) is 18.8. The third-order valence-corrected chi connectivity index (χ3v) is 4.80. The highest BCUT2D eigenvalue weighted by atomic mass is 19.1. The fraction of sp³-hybridized carbons (Fsp3) is 0.632. The van der Waals surface area contributed by atoms with Crippen LogP contribution in [-0.4, -0.2) is 23.7 Å². The molecule has 0 aromatic heterocycles. The van der Waals surface area contributed by atoms with E-state index in [4.69, 9.17) is 0 Å². The Hall–Kier alpha value is -1.49. The predicted molar refractivity (Wildman–Crippen MR) is 89.5 cm³/mol. The van der Waals surface area contributed by atoms with Crippen LogP contribution in [0.1, 0.15) is 56.9 Å². The third kappa shape index (κ3) is 6.19. The fourth-order valence-electron chi connectivity index (χ4n) is 3.38. The second-order valence-electron chi connectivity index (χ2n) is 6.69. The summed E-state index contributed by atoms with van der Waals surface area (Å²) in [6, 6.07) is 3.39. The number of carbonyl (C=O) groups is 1. The summed E-state index contributed by atoms with van der Waals surface area (Å²) in [6.45, 7) is 0.608. The van der Waals surface area contributed by atoms with Crippen LogP contribution >= 0.6 is 0 Å². The average Bonchev–Trinajstić information content (AvgIpc) is 2.56. The van der Waals surface area contributed by atoms with Crippen LogP contribution in [0, 0.1) is 17.6 Å². The molecule has 2 rings (SSSR count). The zero-order valence-electron chi connectivity index (χ0n) is 14.1. The Morgan fingerprint density at radius 1 is 1.21 bits per heavy atom. The van der Waals surface area contributed by atoms with E-state index < -0.39 is 11.6 Å². The standard InChI is InChI=1S/C19H27F2NO2/c20-16-10-11-17(21)15(13-16)6-3-9-19(24)22-12-4-7-14-5-1-2-8-18(14)23/h10-11,13-14,18,23H,1-9,12H2,(H,22,24). The Morgan fingerprint density at radius 2 is 2.00 bits per heavy atom. The monoisotopic (exact) mass is 339 g/mol. The average molecular weight is 339 g/mol. The minimum Gasteiger partial charge on any atom is -0.393 e. The maximum absolute atomic E-state index is 13.5. The van der Waals surface area contributed by atoms with Crippen molar-refractivity contribution >= 4 is 5.91 Å². The molecule has 24 heavy (non-hydrogen) atoms. The van der Waals surface area contributed by atoms with Crippen molar-refractivity contribution in [3.05, 3.63) is 35.4 Å². The maximum atomic E-state index is 13.5. The van der Waals surface area contributed by atoms with Crippen LogP contribution in [0.5, 0.6) is 0 Å². The van der Waals surface area contributed by atoms with Gasteiger partial charge in [0.25, 0.3) is 0 Å². The van der Waals surface area contributed by atoms with Gasteiger partial charge in [-0.25, -0.2) is 8.78 Å². The van der Waals surface area contributed by atoms with Crippen molar-refractivity contribution in [1.82, 2.24) is 5.32 Å². The molecule has 134 valence electrons. The van der Waals surface area contributed by atoms with Crippen LogP contribution in [0.4, 0.5) is 8.78 Å². The van der Waals surface area contributed by atoms with Gasteiger partial charge >= 0.3 is 0 Å². The molecule has 2 unspecified atom stereocenters. The highest BCUT2D eigenvalue weighted by Gasteiger charge is 2.22. The van der Waals surface area contributed by atoms with E-state index in [0.29, 0.717) is 37.3 Å². The Bertz CT molecular complexity index is 536. The van der Waals surface area contributed by atoms with Gasteiger partial charge in [0.15, 0.2) is 0 Å². The summed E-state index contributed by atoms with van der Waals surface area (Å²) in [7, 11) is 0. The summed E-state index contributed by atoms with van der Waals surface area (Å²) < 4.78 is 26.5. The first-order valence-electron chi connectivity index (χ1n) is 8.95. The van der Waals surface area contributed by atoms with Crippen molar-refractivity contribution in [1.29, 1.82) is 0 Å². The second kappa shape index (κ2) is 9.72. The molecule has 1 aromatic rings. The number of carbonyl (C=O) groups excluding carboxylic acids is 1. The van der Waals surface area contributed by atoms with Gasteiger partial charge in [-0.2, -0.15) is 0 Å². The molecule has 3 nitrogen and oxygen atoms in total. The molecule has 1 aliphatic rings. The highest BCUT2D eigenvalue weighted by molar-refractivity contribution is 5.75. The van der Waals surface area contributed by atoms with Crippen LogP contribution in [0.25, 0.3) is 0 Å². The molecule has 0 radical (unpaired) electrons. The molecule has 0 bridgehead atoms. The maximum Gasteiger partial charge on any atom is 0.220 e. The van der Waals surface area contributed by atoms with Gasteiger partial charge in [-0.1, -0.05) is 12.8 Å². The van der Waals surface area contributed by atoms with Crippen LogP contribution < -0.4 is 5.32 Å². The lowest BCUT2D eigenvalue weighted by molar-refractivity contribution is -0.121. The van der Waals surface area contributed by atoms with Crippen molar-refractivity contribution in [3.63, 3.8) is 0 Å². The summed E-state index contributed by atoms with van der Waals surface area (Å²) in [6.07, 6.45) is 7.05. The summed E-state index contributed by atoms with van der Waals surface area (Å²) in [4.78, 5) is 11.8. The number of hydrogen-bond acceptors (Lipinski definition) is 2. The van der Waals surface area contributed by atoms with Crippen molar-refractivity contribution < 1.29 is 18.7 Å². The number of nitrogens with one attached hydrogen (secondary N) is 1. The molecule has 1 amide bonds. The largest absolute Gasteiger partial charge is 0.393 e. The molecular weight excluding hydrogens is 312 g/mol. The van der Waals surface area contributed by atoms with Crippen LogP contribution in [0.15, 0.2) is 18.2 Å². The summed E-state index contributed by atoms with van der Waals surface area (Å²) in [5.41, 5.74) is 0.314. The van der Waals surface area contributed by atoms with Gasteiger partial charge in [-0.15, -0.1) is 0 Å². The van der Waals surface area contributed by atoms with Crippen molar-refractivity contribution in [3.8, 4) is 0 Å². The lowest BCUT2D eigenvalue weighted by Gasteiger charge is -2.27. The first-order chi connectivity index (χ1) is 11.6. The number of aryl methyl sites for hydroxylation is 1. The van der Waals surface area contributed by atoms with Gasteiger partial charge in [-0.3, -0.25) is 4.79 Å². The Kier molecular flexibility index (Phi) is 7.63. The predicted octanol–water partition coefficient (Wildman–Crippen LogP) is 3.74. The van der Waals surface area contributed by atoms with E-state index >= 15 is 0 Å². The molecule has 5 heteroatoms. The molecule has 1 saturated carbocycles.